The largest absolute Gasteiger partial charge is 0.460 e. The van der Waals surface area contributed by atoms with Gasteiger partial charge in [0.1, 0.15) is 11.3 Å². The molecule has 0 fully saturated rings. The molecule has 1 aliphatic rings. The van der Waals surface area contributed by atoms with Gasteiger partial charge in [-0.2, -0.15) is 0 Å². The van der Waals surface area contributed by atoms with E-state index in [2.05, 4.69) is 146 Å². The number of pyridine rings is 2. The fourth-order valence-corrected chi connectivity index (χ4v) is 6.76. The molecule has 218 valence electrons. The van der Waals surface area contributed by atoms with Gasteiger partial charge in [0.2, 0.25) is 0 Å². The lowest BCUT2D eigenvalue weighted by Gasteiger charge is -2.11. The summed E-state index contributed by atoms with van der Waals surface area (Å²) in [5.74, 6) is 1.51. The van der Waals surface area contributed by atoms with Gasteiger partial charge in [0.15, 0.2) is 0 Å². The molecule has 0 amide bonds. The first-order chi connectivity index (χ1) is 22.7. The van der Waals surface area contributed by atoms with Crippen molar-refractivity contribution in [3.63, 3.8) is 0 Å². The third-order valence-electron chi connectivity index (χ3n) is 9.28. The molecule has 9 rings (SSSR count). The molecule has 0 radical (unpaired) electrons. The van der Waals surface area contributed by atoms with E-state index in [1.165, 1.54) is 33.2 Å². The van der Waals surface area contributed by atoms with Crippen LogP contribution in [-0.4, -0.2) is 9.97 Å². The first-order valence-corrected chi connectivity index (χ1v) is 15.9. The van der Waals surface area contributed by atoms with Crippen LogP contribution in [0.5, 0.6) is 0 Å². The zero-order chi connectivity index (χ0) is 30.6. The number of aromatic nitrogens is 2. The highest BCUT2D eigenvalue weighted by Gasteiger charge is 2.20. The van der Waals surface area contributed by atoms with Crippen LogP contribution in [0, 0.1) is 0 Å². The molecule has 0 saturated heterocycles. The fraction of sp³-hybridized carbons (Fsp3) is 0.0698. The maximum Gasteiger partial charge on any atom is 0.134 e. The quantitative estimate of drug-likeness (QED) is 0.191. The standard InChI is InChI=1S/C43H30N2O/c1-27-7-5-12-36-37-26-34(21-24-40(37)46-43(27)36)29-13-15-30(16-14-29)38-22-19-31-17-18-32-20-23-39(45-42(32)41(31)44-38)35-11-6-10-33(25-35)28-8-3-2-4-9-28/h2-6,8-27H,7H2,1H3. The molecule has 3 heterocycles. The van der Waals surface area contributed by atoms with Gasteiger partial charge in [-0.1, -0.05) is 122 Å². The molecule has 3 aromatic heterocycles. The Labute approximate surface area is 267 Å². The van der Waals surface area contributed by atoms with E-state index in [0.717, 1.165) is 62.1 Å². The van der Waals surface area contributed by atoms with E-state index < -0.39 is 0 Å². The van der Waals surface area contributed by atoms with Crippen molar-refractivity contribution in [2.24, 2.45) is 0 Å². The molecule has 5 aromatic carbocycles. The average Bonchev–Trinajstić information content (AvgIpc) is 3.51. The summed E-state index contributed by atoms with van der Waals surface area (Å²) in [5, 5.41) is 3.34. The van der Waals surface area contributed by atoms with Crippen LogP contribution in [0.15, 0.2) is 144 Å². The van der Waals surface area contributed by atoms with Crippen LogP contribution in [0.25, 0.3) is 83.6 Å². The van der Waals surface area contributed by atoms with Gasteiger partial charge >= 0.3 is 0 Å². The Hall–Kier alpha value is -5.80. The number of rotatable bonds is 4. The summed E-state index contributed by atoms with van der Waals surface area (Å²) in [5.41, 5.74) is 12.8. The molecule has 1 aliphatic carbocycles. The predicted octanol–water partition coefficient (Wildman–Crippen LogP) is 11.7. The molecule has 1 atom stereocenters. The van der Waals surface area contributed by atoms with Gasteiger partial charge in [0.05, 0.1) is 22.4 Å². The minimum absolute atomic E-state index is 0.411. The van der Waals surface area contributed by atoms with Crippen LogP contribution in [-0.2, 0) is 0 Å². The van der Waals surface area contributed by atoms with E-state index in [1.807, 2.05) is 6.07 Å². The number of hydrogen-bond donors (Lipinski definition) is 0. The van der Waals surface area contributed by atoms with Crippen LogP contribution >= 0.6 is 0 Å². The van der Waals surface area contributed by atoms with Crippen LogP contribution in [0.1, 0.15) is 30.6 Å². The van der Waals surface area contributed by atoms with E-state index in [4.69, 9.17) is 14.4 Å². The molecular weight excluding hydrogens is 560 g/mol. The zero-order valence-corrected chi connectivity index (χ0v) is 25.4. The van der Waals surface area contributed by atoms with Gasteiger partial charge in [0.25, 0.3) is 0 Å². The van der Waals surface area contributed by atoms with Crippen molar-refractivity contribution in [2.75, 3.05) is 0 Å². The number of hydrogen-bond acceptors (Lipinski definition) is 3. The molecule has 0 spiro atoms. The maximum absolute atomic E-state index is 6.23. The summed E-state index contributed by atoms with van der Waals surface area (Å²) >= 11 is 0. The number of allylic oxidation sites excluding steroid dienone is 1. The van der Waals surface area contributed by atoms with Crippen molar-refractivity contribution < 1.29 is 4.42 Å². The van der Waals surface area contributed by atoms with Crippen LogP contribution in [0.4, 0.5) is 0 Å². The molecule has 3 nitrogen and oxygen atoms in total. The van der Waals surface area contributed by atoms with Crippen molar-refractivity contribution in [1.29, 1.82) is 0 Å². The number of fused-ring (bicyclic) bond motifs is 6. The van der Waals surface area contributed by atoms with Gasteiger partial charge in [-0.3, -0.25) is 0 Å². The first-order valence-electron chi connectivity index (χ1n) is 15.9. The lowest BCUT2D eigenvalue weighted by atomic mass is 9.93. The summed E-state index contributed by atoms with van der Waals surface area (Å²) in [6, 6.07) is 47.1. The second kappa shape index (κ2) is 10.7. The van der Waals surface area contributed by atoms with E-state index >= 15 is 0 Å². The molecule has 8 aromatic rings. The van der Waals surface area contributed by atoms with Crippen molar-refractivity contribution in [3.05, 3.63) is 151 Å². The Morgan fingerprint density at radius 3 is 1.89 bits per heavy atom. The van der Waals surface area contributed by atoms with Gasteiger partial charge in [0, 0.05) is 38.8 Å². The van der Waals surface area contributed by atoms with E-state index in [1.54, 1.807) is 0 Å². The Morgan fingerprint density at radius 2 is 1.13 bits per heavy atom. The predicted molar refractivity (Wildman–Crippen MR) is 191 cm³/mol. The highest BCUT2D eigenvalue weighted by atomic mass is 16.3. The molecule has 1 unspecified atom stereocenters. The van der Waals surface area contributed by atoms with Crippen molar-refractivity contribution in [2.45, 2.75) is 19.3 Å². The molecule has 3 heteroatoms. The fourth-order valence-electron chi connectivity index (χ4n) is 6.76. The molecule has 0 bridgehead atoms. The SMILES string of the molecule is CC1CC=Cc2c1oc1ccc(-c3ccc(-c4ccc5ccc6ccc(-c7cccc(-c8ccccc8)c7)nc6c5n4)cc3)cc21. The van der Waals surface area contributed by atoms with Gasteiger partial charge < -0.3 is 4.42 Å². The Balaban J connectivity index is 1.08. The number of benzene rings is 5. The topological polar surface area (TPSA) is 38.9 Å². The van der Waals surface area contributed by atoms with Crippen LogP contribution < -0.4 is 0 Å². The normalized spacial score (nSPS) is 14.2. The minimum atomic E-state index is 0.411. The second-order valence-electron chi connectivity index (χ2n) is 12.3. The summed E-state index contributed by atoms with van der Waals surface area (Å²) < 4.78 is 6.23. The zero-order valence-electron chi connectivity index (χ0n) is 25.4. The Morgan fingerprint density at radius 1 is 0.543 bits per heavy atom. The monoisotopic (exact) mass is 590 g/mol. The van der Waals surface area contributed by atoms with Crippen molar-refractivity contribution in [1.82, 2.24) is 9.97 Å². The number of nitrogens with zero attached hydrogens (tertiary/aromatic N) is 2. The molecule has 0 aliphatic heterocycles. The first kappa shape index (κ1) is 26.6. The van der Waals surface area contributed by atoms with Gasteiger partial charge in [-0.25, -0.2) is 9.97 Å². The smallest absolute Gasteiger partial charge is 0.134 e. The summed E-state index contributed by atoms with van der Waals surface area (Å²) in [6.45, 7) is 2.23. The Kier molecular flexibility index (Phi) is 6.17. The van der Waals surface area contributed by atoms with Crippen LogP contribution in [0.2, 0.25) is 0 Å². The molecule has 0 N–H and O–H groups in total. The number of furan rings is 1. The van der Waals surface area contributed by atoms with Gasteiger partial charge in [-0.05, 0) is 59.0 Å². The second-order valence-corrected chi connectivity index (χ2v) is 12.3. The average molecular weight is 591 g/mol. The van der Waals surface area contributed by atoms with Crippen LogP contribution in [0.3, 0.4) is 0 Å². The minimum Gasteiger partial charge on any atom is -0.460 e. The lowest BCUT2D eigenvalue weighted by molar-refractivity contribution is 0.504. The van der Waals surface area contributed by atoms with E-state index in [9.17, 15) is 0 Å². The lowest BCUT2D eigenvalue weighted by Crippen LogP contribution is -1.95. The Bertz CT molecular complexity index is 2450. The van der Waals surface area contributed by atoms with Crippen molar-refractivity contribution in [3.8, 4) is 44.8 Å². The molecule has 46 heavy (non-hydrogen) atoms. The summed E-state index contributed by atoms with van der Waals surface area (Å²) in [7, 11) is 0. The highest BCUT2D eigenvalue weighted by molar-refractivity contribution is 6.04. The molecular formula is C43H30N2O. The van der Waals surface area contributed by atoms with E-state index in [0.29, 0.717) is 5.92 Å². The third-order valence-corrected chi connectivity index (χ3v) is 9.28. The maximum atomic E-state index is 6.23. The van der Waals surface area contributed by atoms with E-state index in [-0.39, 0.29) is 0 Å². The molecule has 0 saturated carbocycles. The third kappa shape index (κ3) is 4.52. The van der Waals surface area contributed by atoms with Gasteiger partial charge in [-0.15, -0.1) is 0 Å². The highest BCUT2D eigenvalue weighted by Crippen LogP contribution is 2.39. The summed E-state index contributed by atoms with van der Waals surface area (Å²) in [6.07, 6.45) is 5.49. The summed E-state index contributed by atoms with van der Waals surface area (Å²) in [4.78, 5) is 10.4. The van der Waals surface area contributed by atoms with Crippen molar-refractivity contribution >= 4 is 38.9 Å².